The minimum absolute atomic E-state index is 0.0310. The van der Waals surface area contributed by atoms with Crippen LogP contribution in [0.2, 0.25) is 0 Å². The van der Waals surface area contributed by atoms with Gasteiger partial charge >= 0.3 is 0 Å². The van der Waals surface area contributed by atoms with E-state index in [2.05, 4.69) is 11.9 Å². The summed E-state index contributed by atoms with van der Waals surface area (Å²) >= 11 is 0. The van der Waals surface area contributed by atoms with Gasteiger partial charge in [-0.25, -0.2) is 0 Å². The van der Waals surface area contributed by atoms with Crippen molar-refractivity contribution in [3.05, 3.63) is 11.3 Å². The molecule has 1 saturated carbocycles. The van der Waals surface area contributed by atoms with E-state index in [1.54, 1.807) is 0 Å². The number of allylic oxidation sites excluding steroid dienone is 1. The molecule has 1 aliphatic carbocycles. The van der Waals surface area contributed by atoms with Crippen molar-refractivity contribution in [2.45, 2.75) is 46.0 Å². The van der Waals surface area contributed by atoms with E-state index in [9.17, 15) is 9.59 Å². The van der Waals surface area contributed by atoms with Gasteiger partial charge < -0.3 is 10.6 Å². The first-order valence-electron chi connectivity index (χ1n) is 7.80. The fourth-order valence-corrected chi connectivity index (χ4v) is 3.07. The molecule has 0 aromatic heterocycles. The molecule has 2 N–H and O–H groups in total. The number of aliphatic imine (C=N–C) groups is 1. The monoisotopic (exact) mass is 291 g/mol. The lowest BCUT2D eigenvalue weighted by Gasteiger charge is -2.31. The van der Waals surface area contributed by atoms with Gasteiger partial charge in [-0.05, 0) is 44.9 Å². The fraction of sp³-hybridized carbons (Fsp3) is 0.688. The summed E-state index contributed by atoms with van der Waals surface area (Å²) in [5.74, 6) is 0.507. The second kappa shape index (κ2) is 6.87. The lowest BCUT2D eigenvalue weighted by Crippen LogP contribution is -2.41. The number of likely N-dealkylation sites (tertiary alicyclic amines) is 1. The Labute approximate surface area is 126 Å². The Kier molecular flexibility index (Phi) is 5.15. The van der Waals surface area contributed by atoms with E-state index >= 15 is 0 Å². The lowest BCUT2D eigenvalue weighted by molar-refractivity contribution is -0.128. The van der Waals surface area contributed by atoms with Crippen LogP contribution >= 0.6 is 0 Å². The van der Waals surface area contributed by atoms with Gasteiger partial charge in [0.05, 0.1) is 6.54 Å². The average Bonchev–Trinajstić information content (AvgIpc) is 2.92. The summed E-state index contributed by atoms with van der Waals surface area (Å²) in [4.78, 5) is 29.8. The Bertz CT molecular complexity index is 494. The molecule has 2 rings (SSSR count). The topological polar surface area (TPSA) is 75.8 Å². The SMILES string of the molecule is CC(=O)CN=C1CCC/C1=C(/N)C(=O)N1CCCC(C)C1. The third-order valence-corrected chi connectivity index (χ3v) is 4.18. The highest BCUT2D eigenvalue weighted by molar-refractivity contribution is 6.09. The van der Waals surface area contributed by atoms with Crippen LogP contribution in [-0.4, -0.2) is 41.9 Å². The van der Waals surface area contributed by atoms with Gasteiger partial charge in [0.25, 0.3) is 5.91 Å². The summed E-state index contributed by atoms with van der Waals surface area (Å²) < 4.78 is 0. The molecule has 1 aliphatic heterocycles. The van der Waals surface area contributed by atoms with E-state index in [4.69, 9.17) is 5.73 Å². The third-order valence-electron chi connectivity index (χ3n) is 4.18. The van der Waals surface area contributed by atoms with Crippen LogP contribution in [-0.2, 0) is 9.59 Å². The van der Waals surface area contributed by atoms with Crippen LogP contribution in [0, 0.1) is 5.92 Å². The van der Waals surface area contributed by atoms with Crippen LogP contribution in [0.15, 0.2) is 16.3 Å². The molecule has 2 aliphatic rings. The third kappa shape index (κ3) is 3.93. The van der Waals surface area contributed by atoms with Gasteiger partial charge in [0, 0.05) is 24.4 Å². The maximum atomic E-state index is 12.5. The van der Waals surface area contributed by atoms with Gasteiger partial charge in [0.1, 0.15) is 5.70 Å². The zero-order valence-electron chi connectivity index (χ0n) is 13.0. The molecule has 1 unspecified atom stereocenters. The summed E-state index contributed by atoms with van der Waals surface area (Å²) in [7, 11) is 0. The molecule has 1 atom stereocenters. The highest BCUT2D eigenvalue weighted by Gasteiger charge is 2.27. The Hall–Kier alpha value is -1.65. The quantitative estimate of drug-likeness (QED) is 0.804. The molecule has 1 saturated heterocycles. The first-order valence-corrected chi connectivity index (χ1v) is 7.80. The number of ketones is 1. The number of piperidine rings is 1. The molecular weight excluding hydrogens is 266 g/mol. The number of nitrogens with zero attached hydrogens (tertiary/aromatic N) is 2. The van der Waals surface area contributed by atoms with Crippen LogP contribution in [0.3, 0.4) is 0 Å². The number of hydrogen-bond donors (Lipinski definition) is 1. The number of amides is 1. The van der Waals surface area contributed by atoms with Crippen molar-refractivity contribution in [3.8, 4) is 0 Å². The average molecular weight is 291 g/mol. The predicted octanol–water partition coefficient (Wildman–Crippen LogP) is 1.67. The summed E-state index contributed by atoms with van der Waals surface area (Å²) in [6.45, 7) is 5.44. The number of carbonyl (C=O) groups excluding carboxylic acids is 2. The van der Waals surface area contributed by atoms with Gasteiger partial charge in [-0.15, -0.1) is 0 Å². The van der Waals surface area contributed by atoms with Crippen LogP contribution in [0.25, 0.3) is 0 Å². The molecule has 21 heavy (non-hydrogen) atoms. The maximum Gasteiger partial charge on any atom is 0.270 e. The van der Waals surface area contributed by atoms with Crippen molar-refractivity contribution in [2.75, 3.05) is 19.6 Å². The van der Waals surface area contributed by atoms with Crippen LogP contribution in [0.1, 0.15) is 46.0 Å². The summed E-state index contributed by atoms with van der Waals surface area (Å²) in [6.07, 6.45) is 4.77. The molecule has 5 nitrogen and oxygen atoms in total. The standard InChI is InChI=1S/C16H25N3O2/c1-11-5-4-8-19(10-11)16(21)15(17)13-6-3-7-14(13)18-9-12(2)20/h11H,3-10,17H2,1-2H3/b15-13-,18-14?. The molecule has 1 heterocycles. The molecule has 1 amide bonds. The molecule has 116 valence electrons. The zero-order chi connectivity index (χ0) is 15.4. The molecule has 5 heteroatoms. The molecule has 2 fully saturated rings. The Morgan fingerprint density at radius 3 is 2.76 bits per heavy atom. The minimum Gasteiger partial charge on any atom is -0.394 e. The van der Waals surface area contributed by atoms with Crippen LogP contribution in [0.5, 0.6) is 0 Å². The lowest BCUT2D eigenvalue weighted by atomic mass is 9.99. The molecule has 0 radical (unpaired) electrons. The Balaban J connectivity index is 2.15. The summed E-state index contributed by atoms with van der Waals surface area (Å²) in [6, 6.07) is 0. The number of carbonyl (C=O) groups is 2. The van der Waals surface area contributed by atoms with Gasteiger partial charge in [-0.1, -0.05) is 6.92 Å². The number of hydrogen-bond acceptors (Lipinski definition) is 4. The highest BCUT2D eigenvalue weighted by Crippen LogP contribution is 2.25. The van der Waals surface area contributed by atoms with E-state index in [-0.39, 0.29) is 18.2 Å². The largest absolute Gasteiger partial charge is 0.394 e. The van der Waals surface area contributed by atoms with Gasteiger partial charge in [-0.3, -0.25) is 14.6 Å². The second-order valence-electron chi connectivity index (χ2n) is 6.21. The van der Waals surface area contributed by atoms with Crippen molar-refractivity contribution >= 4 is 17.4 Å². The highest BCUT2D eigenvalue weighted by atomic mass is 16.2. The zero-order valence-corrected chi connectivity index (χ0v) is 13.0. The summed E-state index contributed by atoms with van der Waals surface area (Å²) in [5, 5.41) is 0. The van der Waals surface area contributed by atoms with Gasteiger partial charge in [-0.2, -0.15) is 0 Å². The second-order valence-corrected chi connectivity index (χ2v) is 6.21. The molecule has 0 aromatic rings. The van der Waals surface area contributed by atoms with Gasteiger partial charge in [0.15, 0.2) is 5.78 Å². The number of rotatable bonds is 3. The molecule has 0 aromatic carbocycles. The predicted molar refractivity (Wildman–Crippen MR) is 83.0 cm³/mol. The Morgan fingerprint density at radius 2 is 2.10 bits per heavy atom. The molecule has 0 spiro atoms. The first kappa shape index (κ1) is 15.7. The van der Waals surface area contributed by atoms with Crippen LogP contribution in [0.4, 0.5) is 0 Å². The minimum atomic E-state index is -0.0611. The first-order chi connectivity index (χ1) is 9.99. The van der Waals surface area contributed by atoms with Crippen molar-refractivity contribution < 1.29 is 9.59 Å². The van der Waals surface area contributed by atoms with E-state index in [0.29, 0.717) is 11.6 Å². The maximum absolute atomic E-state index is 12.5. The smallest absolute Gasteiger partial charge is 0.270 e. The molecule has 0 bridgehead atoms. The van der Waals surface area contributed by atoms with Crippen molar-refractivity contribution in [1.29, 1.82) is 0 Å². The summed E-state index contributed by atoms with van der Waals surface area (Å²) in [5.41, 5.74) is 8.16. The van der Waals surface area contributed by atoms with Crippen molar-refractivity contribution in [3.63, 3.8) is 0 Å². The number of nitrogens with two attached hydrogens (primary N) is 1. The Morgan fingerprint density at radius 1 is 1.33 bits per heavy atom. The van der Waals surface area contributed by atoms with E-state index in [1.165, 1.54) is 13.3 Å². The van der Waals surface area contributed by atoms with Crippen LogP contribution < -0.4 is 5.73 Å². The van der Waals surface area contributed by atoms with Crippen molar-refractivity contribution in [1.82, 2.24) is 4.90 Å². The van der Waals surface area contributed by atoms with E-state index < -0.39 is 0 Å². The van der Waals surface area contributed by atoms with E-state index in [0.717, 1.165) is 50.1 Å². The van der Waals surface area contributed by atoms with E-state index in [1.807, 2.05) is 4.90 Å². The molecular formula is C16H25N3O2. The fourth-order valence-electron chi connectivity index (χ4n) is 3.07. The van der Waals surface area contributed by atoms with Gasteiger partial charge in [0.2, 0.25) is 0 Å². The normalized spacial score (nSPS) is 27.0. The van der Waals surface area contributed by atoms with Crippen molar-refractivity contribution in [2.24, 2.45) is 16.6 Å². The number of Topliss-reactive ketones (excluding diaryl/α,β-unsaturated/α-hetero) is 1.